The fourth-order valence-corrected chi connectivity index (χ4v) is 4.70. The van der Waals surface area contributed by atoms with Crippen molar-refractivity contribution in [1.29, 1.82) is 5.26 Å². The lowest BCUT2D eigenvalue weighted by molar-refractivity contribution is 0.125. The van der Waals surface area contributed by atoms with Crippen molar-refractivity contribution in [3.8, 4) is 6.07 Å². The summed E-state index contributed by atoms with van der Waals surface area (Å²) in [4.78, 5) is 8.29. The molecule has 2 unspecified atom stereocenters. The van der Waals surface area contributed by atoms with E-state index in [1.54, 1.807) is 7.05 Å². The Morgan fingerprint density at radius 1 is 1.30 bits per heavy atom. The molecule has 0 saturated carbocycles. The molecule has 2 atom stereocenters. The minimum absolute atomic E-state index is 0.475. The van der Waals surface area contributed by atoms with Gasteiger partial charge in [0.2, 0.25) is 0 Å². The summed E-state index contributed by atoms with van der Waals surface area (Å²) in [6.45, 7) is 2.75. The van der Waals surface area contributed by atoms with Gasteiger partial charge in [0.15, 0.2) is 5.96 Å². The van der Waals surface area contributed by atoms with E-state index in [0.717, 1.165) is 24.6 Å². The fourth-order valence-electron chi connectivity index (χ4n) is 3.71. The van der Waals surface area contributed by atoms with Crippen molar-refractivity contribution >= 4 is 17.3 Å². The average molecular weight is 382 g/mol. The molecule has 1 aromatic carbocycles. The summed E-state index contributed by atoms with van der Waals surface area (Å²) in [6.07, 6.45) is 2.47. The highest BCUT2D eigenvalue weighted by atomic mass is 32.1. The molecule has 2 aromatic rings. The van der Waals surface area contributed by atoms with Crippen molar-refractivity contribution in [2.24, 2.45) is 10.9 Å². The zero-order valence-electron chi connectivity index (χ0n) is 16.0. The normalized spacial score (nSPS) is 20.9. The molecule has 1 aliphatic rings. The van der Waals surface area contributed by atoms with Gasteiger partial charge in [-0.05, 0) is 61.5 Å². The van der Waals surface area contributed by atoms with Crippen LogP contribution in [0.4, 0.5) is 0 Å². The standard InChI is InChI=1S/C21H27N5S/c1-23-21(24-14-17-9-7-16(13-22)8-10-17)25-15-18-5-3-11-26(2)20(18)19-6-4-12-27-19/h4,6-10,12,18,20H,3,5,11,14-15H2,1-2H3,(H2,23,24,25). The van der Waals surface area contributed by atoms with Gasteiger partial charge in [-0.15, -0.1) is 11.3 Å². The van der Waals surface area contributed by atoms with Crippen molar-refractivity contribution in [1.82, 2.24) is 15.5 Å². The molecule has 0 amide bonds. The molecule has 1 fully saturated rings. The zero-order valence-corrected chi connectivity index (χ0v) is 16.8. The first kappa shape index (κ1) is 19.4. The van der Waals surface area contributed by atoms with Crippen molar-refractivity contribution < 1.29 is 0 Å². The Hall–Kier alpha value is -2.36. The van der Waals surface area contributed by atoms with Crippen LogP contribution in [0.1, 0.15) is 34.9 Å². The highest BCUT2D eigenvalue weighted by Gasteiger charge is 2.31. The Bertz CT molecular complexity index is 776. The minimum atomic E-state index is 0.475. The van der Waals surface area contributed by atoms with Gasteiger partial charge in [0.25, 0.3) is 0 Å². The smallest absolute Gasteiger partial charge is 0.191 e. The average Bonchev–Trinajstić information content (AvgIpc) is 3.23. The first-order valence-electron chi connectivity index (χ1n) is 9.38. The van der Waals surface area contributed by atoms with Crippen LogP contribution in [0.25, 0.3) is 0 Å². The number of hydrogen-bond acceptors (Lipinski definition) is 4. The van der Waals surface area contributed by atoms with E-state index in [1.807, 2.05) is 35.6 Å². The molecule has 0 bridgehead atoms. The van der Waals surface area contributed by atoms with Gasteiger partial charge in [-0.3, -0.25) is 9.89 Å². The predicted molar refractivity (Wildman–Crippen MR) is 112 cm³/mol. The molecular formula is C21H27N5S. The van der Waals surface area contributed by atoms with Gasteiger partial charge < -0.3 is 10.6 Å². The molecule has 1 aliphatic heterocycles. The third kappa shape index (κ3) is 5.09. The molecule has 5 nitrogen and oxygen atoms in total. The number of nitriles is 1. The molecule has 0 spiro atoms. The van der Waals surface area contributed by atoms with Crippen LogP contribution in [0, 0.1) is 17.2 Å². The molecule has 3 rings (SSSR count). The first-order chi connectivity index (χ1) is 13.2. The number of aliphatic imine (C=N–C) groups is 1. The summed E-state index contributed by atoms with van der Waals surface area (Å²) in [6, 6.07) is 14.7. The predicted octanol–water partition coefficient (Wildman–Crippen LogP) is 3.37. The zero-order chi connectivity index (χ0) is 19.1. The Kier molecular flexibility index (Phi) is 6.86. The van der Waals surface area contributed by atoms with Crippen LogP contribution in [-0.2, 0) is 6.54 Å². The Morgan fingerprint density at radius 2 is 2.11 bits per heavy atom. The second-order valence-electron chi connectivity index (χ2n) is 6.96. The van der Waals surface area contributed by atoms with Crippen molar-refractivity contribution in [2.45, 2.75) is 25.4 Å². The van der Waals surface area contributed by atoms with Gasteiger partial charge in [0.1, 0.15) is 0 Å². The van der Waals surface area contributed by atoms with Gasteiger partial charge in [0.05, 0.1) is 11.6 Å². The van der Waals surface area contributed by atoms with E-state index in [2.05, 4.69) is 51.2 Å². The van der Waals surface area contributed by atoms with E-state index in [0.29, 0.717) is 24.1 Å². The second kappa shape index (κ2) is 9.54. The summed E-state index contributed by atoms with van der Waals surface area (Å²) in [5.41, 5.74) is 1.81. The number of likely N-dealkylation sites (tertiary alicyclic amines) is 1. The number of piperidine rings is 1. The van der Waals surface area contributed by atoms with Crippen LogP contribution in [0.3, 0.4) is 0 Å². The van der Waals surface area contributed by atoms with E-state index in [4.69, 9.17) is 5.26 Å². The highest BCUT2D eigenvalue weighted by Crippen LogP contribution is 2.36. The monoisotopic (exact) mass is 381 g/mol. The van der Waals surface area contributed by atoms with Gasteiger partial charge in [-0.1, -0.05) is 18.2 Å². The van der Waals surface area contributed by atoms with Crippen LogP contribution < -0.4 is 10.6 Å². The van der Waals surface area contributed by atoms with E-state index in [9.17, 15) is 0 Å². The lowest BCUT2D eigenvalue weighted by atomic mass is 9.88. The van der Waals surface area contributed by atoms with Gasteiger partial charge in [0, 0.05) is 31.1 Å². The maximum atomic E-state index is 8.89. The minimum Gasteiger partial charge on any atom is -0.356 e. The Balaban J connectivity index is 1.55. The lowest BCUT2D eigenvalue weighted by Crippen LogP contribution is -2.44. The maximum absolute atomic E-state index is 8.89. The Labute approximate surface area is 165 Å². The fraction of sp³-hybridized carbons (Fsp3) is 0.429. The maximum Gasteiger partial charge on any atom is 0.191 e. The topological polar surface area (TPSA) is 63.5 Å². The quantitative estimate of drug-likeness (QED) is 0.616. The molecule has 1 aromatic heterocycles. The molecule has 0 aliphatic carbocycles. The summed E-state index contributed by atoms with van der Waals surface area (Å²) in [7, 11) is 4.03. The van der Waals surface area contributed by atoms with E-state index < -0.39 is 0 Å². The van der Waals surface area contributed by atoms with Crippen molar-refractivity contribution in [3.63, 3.8) is 0 Å². The van der Waals surface area contributed by atoms with E-state index >= 15 is 0 Å². The van der Waals surface area contributed by atoms with Crippen LogP contribution >= 0.6 is 11.3 Å². The van der Waals surface area contributed by atoms with Gasteiger partial charge in [-0.25, -0.2) is 0 Å². The Morgan fingerprint density at radius 3 is 2.78 bits per heavy atom. The number of benzene rings is 1. The second-order valence-corrected chi connectivity index (χ2v) is 7.94. The first-order valence-corrected chi connectivity index (χ1v) is 10.3. The molecular weight excluding hydrogens is 354 g/mol. The third-order valence-corrected chi connectivity index (χ3v) is 6.08. The van der Waals surface area contributed by atoms with Gasteiger partial charge in [-0.2, -0.15) is 5.26 Å². The third-order valence-electron chi connectivity index (χ3n) is 5.14. The molecule has 27 heavy (non-hydrogen) atoms. The SMILES string of the molecule is CN=C(NCc1ccc(C#N)cc1)NCC1CCCN(C)C1c1cccs1. The molecule has 142 valence electrons. The number of thiophene rings is 1. The van der Waals surface area contributed by atoms with Crippen molar-refractivity contribution in [3.05, 3.63) is 57.8 Å². The molecule has 2 N–H and O–H groups in total. The van der Waals surface area contributed by atoms with E-state index in [1.165, 1.54) is 17.7 Å². The van der Waals surface area contributed by atoms with Crippen LogP contribution in [-0.4, -0.2) is 38.0 Å². The highest BCUT2D eigenvalue weighted by molar-refractivity contribution is 7.10. The summed E-state index contributed by atoms with van der Waals surface area (Å²) < 4.78 is 0. The number of guanidine groups is 1. The summed E-state index contributed by atoms with van der Waals surface area (Å²) in [5.74, 6) is 1.38. The molecule has 6 heteroatoms. The largest absolute Gasteiger partial charge is 0.356 e. The number of hydrogen-bond donors (Lipinski definition) is 2. The molecule has 2 heterocycles. The van der Waals surface area contributed by atoms with Crippen LogP contribution in [0.2, 0.25) is 0 Å². The molecule has 1 saturated heterocycles. The summed E-state index contributed by atoms with van der Waals surface area (Å²) in [5, 5.41) is 17.9. The van der Waals surface area contributed by atoms with Crippen LogP contribution in [0.15, 0.2) is 46.8 Å². The summed E-state index contributed by atoms with van der Waals surface area (Å²) >= 11 is 1.85. The van der Waals surface area contributed by atoms with Crippen molar-refractivity contribution in [2.75, 3.05) is 27.2 Å². The number of nitrogens with zero attached hydrogens (tertiary/aromatic N) is 3. The lowest BCUT2D eigenvalue weighted by Gasteiger charge is -2.39. The molecule has 0 radical (unpaired) electrons. The number of nitrogens with one attached hydrogen (secondary N) is 2. The number of rotatable bonds is 5. The van der Waals surface area contributed by atoms with Gasteiger partial charge >= 0.3 is 0 Å². The van der Waals surface area contributed by atoms with Crippen LogP contribution in [0.5, 0.6) is 0 Å². The van der Waals surface area contributed by atoms with E-state index in [-0.39, 0.29) is 0 Å².